The molecular formula is C35H56Cl6N2O2. The van der Waals surface area contributed by atoms with Gasteiger partial charge in [0.05, 0.1) is 16.8 Å². The molecule has 0 spiro atoms. The second-order valence-corrected chi connectivity index (χ2v) is 19.4. The second kappa shape index (κ2) is 18.3. The molecule has 0 bridgehead atoms. The van der Waals surface area contributed by atoms with E-state index in [0.717, 1.165) is 5.57 Å². The number of aliphatic imine (C=N–C) groups is 2. The van der Waals surface area contributed by atoms with Gasteiger partial charge in [0, 0.05) is 5.56 Å². The van der Waals surface area contributed by atoms with Gasteiger partial charge in [-0.3, -0.25) is 4.79 Å². The molecule has 10 heteroatoms. The SMILES string of the molecule is CC.CC(C)(C)C.CCC(C)=C(N=C(N=C(C)C(Cl)(Cl)Cl)c1ccc(OC(=O)C(C)(CC(C)(C)C)C(C)(C)C)cc1)C(Cl)(Cl)Cl. The van der Waals surface area contributed by atoms with E-state index in [4.69, 9.17) is 74.3 Å². The Hall–Kier alpha value is -0.490. The third-order valence-corrected chi connectivity index (χ3v) is 7.77. The lowest BCUT2D eigenvalue weighted by atomic mass is 9.61. The summed E-state index contributed by atoms with van der Waals surface area (Å²) in [7, 11) is 0. The zero-order valence-corrected chi connectivity index (χ0v) is 34.7. The first-order chi connectivity index (χ1) is 19.9. The number of carbonyl (C=O) groups excluding carboxylic acids is 1. The molecule has 0 aliphatic rings. The Morgan fingerprint density at radius 3 is 1.47 bits per heavy atom. The van der Waals surface area contributed by atoms with Gasteiger partial charge in [0.15, 0.2) is 5.84 Å². The molecule has 0 aromatic heterocycles. The number of ether oxygens (including phenoxy) is 1. The Morgan fingerprint density at radius 1 is 0.733 bits per heavy atom. The average Bonchev–Trinajstić information content (AvgIpc) is 2.83. The van der Waals surface area contributed by atoms with Crippen molar-refractivity contribution in [2.24, 2.45) is 31.6 Å². The minimum atomic E-state index is -1.80. The highest BCUT2D eigenvalue weighted by atomic mass is 35.6. The van der Waals surface area contributed by atoms with Crippen molar-refractivity contribution >= 4 is 87.1 Å². The zero-order valence-electron chi connectivity index (χ0n) is 30.2. The molecule has 0 radical (unpaired) electrons. The molecule has 0 N–H and O–H groups in total. The molecular weight excluding hydrogens is 693 g/mol. The second-order valence-electron chi connectivity index (χ2n) is 14.8. The summed E-state index contributed by atoms with van der Waals surface area (Å²) in [6.45, 7) is 32.5. The summed E-state index contributed by atoms with van der Waals surface area (Å²) in [5.41, 5.74) is 1.09. The third kappa shape index (κ3) is 18.0. The smallest absolute Gasteiger partial charge is 0.317 e. The van der Waals surface area contributed by atoms with E-state index in [1.165, 1.54) is 0 Å². The Bertz CT molecular complexity index is 1170. The molecule has 260 valence electrons. The molecule has 1 aromatic carbocycles. The van der Waals surface area contributed by atoms with Crippen LogP contribution in [0.2, 0.25) is 0 Å². The number of hydrogen-bond acceptors (Lipinski definition) is 3. The van der Waals surface area contributed by atoms with E-state index in [1.807, 2.05) is 55.4 Å². The number of esters is 1. The van der Waals surface area contributed by atoms with Gasteiger partial charge in [-0.1, -0.05) is 160 Å². The molecule has 1 aromatic rings. The summed E-state index contributed by atoms with van der Waals surface area (Å²) in [5.74, 6) is 0.256. The van der Waals surface area contributed by atoms with Crippen LogP contribution < -0.4 is 4.74 Å². The number of rotatable bonds is 6. The summed E-state index contributed by atoms with van der Waals surface area (Å²) < 4.78 is 2.31. The molecule has 1 rings (SSSR count). The van der Waals surface area contributed by atoms with Gasteiger partial charge in [-0.2, -0.15) is 0 Å². The Balaban J connectivity index is 0. The number of nitrogens with zero attached hydrogens (tertiary/aromatic N) is 2. The van der Waals surface area contributed by atoms with Crippen molar-refractivity contribution in [1.29, 1.82) is 0 Å². The summed E-state index contributed by atoms with van der Waals surface area (Å²) in [6.07, 6.45) is 1.26. The van der Waals surface area contributed by atoms with Crippen molar-refractivity contribution in [3.8, 4) is 5.75 Å². The Morgan fingerprint density at radius 2 is 1.16 bits per heavy atom. The maximum absolute atomic E-state index is 13.4. The summed E-state index contributed by atoms with van der Waals surface area (Å²) in [5, 5.41) is 0. The maximum atomic E-state index is 13.4. The van der Waals surface area contributed by atoms with Crippen LogP contribution in [0, 0.1) is 21.7 Å². The van der Waals surface area contributed by atoms with Gasteiger partial charge in [-0.15, -0.1) is 0 Å². The van der Waals surface area contributed by atoms with E-state index in [2.05, 4.69) is 58.5 Å². The van der Waals surface area contributed by atoms with Crippen LogP contribution in [-0.4, -0.2) is 25.1 Å². The van der Waals surface area contributed by atoms with Gasteiger partial charge in [0.25, 0.3) is 0 Å². The van der Waals surface area contributed by atoms with Crippen LogP contribution in [0.5, 0.6) is 5.75 Å². The van der Waals surface area contributed by atoms with Crippen LogP contribution in [0.1, 0.15) is 129 Å². The fourth-order valence-electron chi connectivity index (χ4n) is 3.65. The van der Waals surface area contributed by atoms with E-state index in [9.17, 15) is 4.79 Å². The monoisotopic (exact) mass is 746 g/mol. The van der Waals surface area contributed by atoms with Crippen LogP contribution >= 0.6 is 69.6 Å². The standard InChI is InChI=1S/C28H38Cl6N2O2.C5H12.C2H6/c1-11-17(2)21(28(32,33)34)36-22(35-18(3)27(29,30)31)19-12-14-20(15-13-19)38-23(37)26(10,25(7,8)9)16-24(4,5)6;1-5(2,3)4;1-2/h12-15H,11,16H2,1-10H3;1-4H3;1-2H3. The Labute approximate surface area is 304 Å². The van der Waals surface area contributed by atoms with Crippen LogP contribution in [0.4, 0.5) is 0 Å². The molecule has 0 heterocycles. The lowest BCUT2D eigenvalue weighted by molar-refractivity contribution is -0.154. The van der Waals surface area contributed by atoms with E-state index < -0.39 is 13.0 Å². The van der Waals surface area contributed by atoms with Crippen molar-refractivity contribution in [3.05, 3.63) is 41.1 Å². The minimum Gasteiger partial charge on any atom is -0.426 e. The molecule has 0 saturated heterocycles. The summed E-state index contributed by atoms with van der Waals surface area (Å²) in [6, 6.07) is 6.72. The average molecular weight is 750 g/mol. The van der Waals surface area contributed by atoms with Gasteiger partial charge in [0.2, 0.25) is 7.59 Å². The highest BCUT2D eigenvalue weighted by Gasteiger charge is 2.48. The van der Waals surface area contributed by atoms with E-state index in [1.54, 1.807) is 31.2 Å². The van der Waals surface area contributed by atoms with Crippen LogP contribution in [0.3, 0.4) is 0 Å². The van der Waals surface area contributed by atoms with Crippen LogP contribution in [0.25, 0.3) is 0 Å². The molecule has 1 unspecified atom stereocenters. The van der Waals surface area contributed by atoms with E-state index >= 15 is 0 Å². The van der Waals surface area contributed by atoms with Crippen LogP contribution in [0.15, 0.2) is 45.5 Å². The molecule has 0 fully saturated rings. The first-order valence-electron chi connectivity index (χ1n) is 15.2. The quantitative estimate of drug-likeness (QED) is 0.0956. The number of allylic oxidation sites excluding steroid dienone is 2. The number of hydrogen-bond donors (Lipinski definition) is 0. The van der Waals surface area contributed by atoms with Gasteiger partial charge < -0.3 is 4.74 Å². The lowest BCUT2D eigenvalue weighted by Gasteiger charge is -2.43. The number of benzene rings is 1. The maximum Gasteiger partial charge on any atom is 0.317 e. The molecule has 0 amide bonds. The van der Waals surface area contributed by atoms with Crippen molar-refractivity contribution in [1.82, 2.24) is 0 Å². The highest BCUT2D eigenvalue weighted by molar-refractivity contribution is 6.76. The molecule has 0 saturated carbocycles. The van der Waals surface area contributed by atoms with Crippen molar-refractivity contribution < 1.29 is 9.53 Å². The predicted octanol–water partition coefficient (Wildman–Crippen LogP) is 13.8. The third-order valence-electron chi connectivity index (χ3n) is 6.42. The predicted molar refractivity (Wildman–Crippen MR) is 203 cm³/mol. The molecule has 1 atom stereocenters. The minimum absolute atomic E-state index is 0.0705. The number of halogens is 6. The van der Waals surface area contributed by atoms with E-state index in [-0.39, 0.29) is 34.0 Å². The lowest BCUT2D eigenvalue weighted by Crippen LogP contribution is -2.45. The molecule has 0 aliphatic heterocycles. The van der Waals surface area contributed by atoms with Gasteiger partial charge in [-0.25, -0.2) is 9.98 Å². The number of carbonyl (C=O) groups is 1. The van der Waals surface area contributed by atoms with Crippen molar-refractivity contribution in [2.45, 2.75) is 131 Å². The topological polar surface area (TPSA) is 51.0 Å². The largest absolute Gasteiger partial charge is 0.426 e. The normalized spacial score (nSPS) is 15.5. The fourth-order valence-corrected chi connectivity index (χ4v) is 4.38. The number of amidine groups is 1. The first-order valence-corrected chi connectivity index (χ1v) is 17.5. The van der Waals surface area contributed by atoms with Crippen LogP contribution in [-0.2, 0) is 4.79 Å². The summed E-state index contributed by atoms with van der Waals surface area (Å²) >= 11 is 36.8. The summed E-state index contributed by atoms with van der Waals surface area (Å²) in [4.78, 5) is 22.5. The fraction of sp³-hybridized carbons (Fsp3) is 0.686. The zero-order chi connectivity index (χ0) is 36.4. The van der Waals surface area contributed by atoms with Crippen molar-refractivity contribution in [2.75, 3.05) is 0 Å². The number of alkyl halides is 6. The van der Waals surface area contributed by atoms with E-state index in [0.29, 0.717) is 29.6 Å². The van der Waals surface area contributed by atoms with Crippen molar-refractivity contribution in [3.63, 3.8) is 0 Å². The first kappa shape index (κ1) is 46.6. The van der Waals surface area contributed by atoms with Gasteiger partial charge in [-0.05, 0) is 79.7 Å². The Kier molecular flexibility index (Phi) is 19.0. The van der Waals surface area contributed by atoms with Gasteiger partial charge >= 0.3 is 5.97 Å². The van der Waals surface area contributed by atoms with Gasteiger partial charge in [0.1, 0.15) is 5.75 Å². The molecule has 0 aliphatic carbocycles. The molecule has 45 heavy (non-hydrogen) atoms. The molecule has 4 nitrogen and oxygen atoms in total. The highest BCUT2D eigenvalue weighted by Crippen LogP contribution is 2.47.